The number of amides is 1. The number of hydrogen-bond donors (Lipinski definition) is 0. The third-order valence-corrected chi connectivity index (χ3v) is 6.81. The summed E-state index contributed by atoms with van der Waals surface area (Å²) in [4.78, 5) is 29.7. The quantitative estimate of drug-likeness (QED) is 0.803. The lowest BCUT2D eigenvalue weighted by molar-refractivity contribution is -0.137. The van der Waals surface area contributed by atoms with Gasteiger partial charge in [0.25, 0.3) is 0 Å². The van der Waals surface area contributed by atoms with Crippen molar-refractivity contribution < 1.29 is 14.3 Å². The molecule has 2 saturated heterocycles. The predicted molar refractivity (Wildman–Crippen MR) is 104 cm³/mol. The van der Waals surface area contributed by atoms with Crippen molar-refractivity contribution in [2.24, 2.45) is 0 Å². The maximum absolute atomic E-state index is 12.8. The van der Waals surface area contributed by atoms with Crippen LogP contribution < -0.4 is 4.74 Å². The molecule has 5 heteroatoms. The standard InChI is InChI=1S/C22H30N2O3/c1-15-6-7-18-19(25)14-22(27-20(18)16(15)2)8-12-23(13-9-22)17(3)21(26)24-10-4-5-11-24/h6-7,17H,4-5,8-14H2,1-3H3/t17-/m1/s1. The molecule has 0 N–H and O–H groups in total. The lowest BCUT2D eigenvalue weighted by Crippen LogP contribution is -2.55. The first-order valence-electron chi connectivity index (χ1n) is 10.3. The summed E-state index contributed by atoms with van der Waals surface area (Å²) in [5, 5.41) is 0. The number of carbonyl (C=O) groups excluding carboxylic acids is 2. The van der Waals surface area contributed by atoms with Crippen LogP contribution in [0.2, 0.25) is 0 Å². The average molecular weight is 370 g/mol. The van der Waals surface area contributed by atoms with Gasteiger partial charge in [-0.1, -0.05) is 6.07 Å². The maximum atomic E-state index is 12.8. The molecule has 3 aliphatic rings. The first kappa shape index (κ1) is 18.5. The second-order valence-electron chi connectivity index (χ2n) is 8.51. The maximum Gasteiger partial charge on any atom is 0.239 e. The Labute approximate surface area is 161 Å². The van der Waals surface area contributed by atoms with Crippen molar-refractivity contribution in [2.75, 3.05) is 26.2 Å². The molecule has 0 bridgehead atoms. The van der Waals surface area contributed by atoms with Crippen molar-refractivity contribution in [3.63, 3.8) is 0 Å². The van der Waals surface area contributed by atoms with Gasteiger partial charge >= 0.3 is 0 Å². The first-order valence-corrected chi connectivity index (χ1v) is 10.3. The number of piperidine rings is 1. The van der Waals surface area contributed by atoms with E-state index in [-0.39, 0.29) is 17.7 Å². The molecule has 5 nitrogen and oxygen atoms in total. The van der Waals surface area contributed by atoms with Crippen LogP contribution in [0.15, 0.2) is 12.1 Å². The van der Waals surface area contributed by atoms with Crippen LogP contribution in [0.3, 0.4) is 0 Å². The summed E-state index contributed by atoms with van der Waals surface area (Å²) in [7, 11) is 0. The summed E-state index contributed by atoms with van der Waals surface area (Å²) in [5.74, 6) is 1.22. The third-order valence-electron chi connectivity index (χ3n) is 6.81. The van der Waals surface area contributed by atoms with E-state index < -0.39 is 5.60 Å². The fraction of sp³-hybridized carbons (Fsp3) is 0.636. The highest BCUT2D eigenvalue weighted by Gasteiger charge is 2.44. The van der Waals surface area contributed by atoms with Gasteiger partial charge in [0.05, 0.1) is 18.0 Å². The minimum Gasteiger partial charge on any atom is -0.486 e. The lowest BCUT2D eigenvalue weighted by Gasteiger charge is -2.45. The van der Waals surface area contributed by atoms with E-state index in [1.165, 1.54) is 0 Å². The highest BCUT2D eigenvalue weighted by molar-refractivity contribution is 6.01. The largest absolute Gasteiger partial charge is 0.486 e. The van der Waals surface area contributed by atoms with Crippen LogP contribution in [0.1, 0.15) is 60.5 Å². The molecule has 0 aromatic heterocycles. The monoisotopic (exact) mass is 370 g/mol. The van der Waals surface area contributed by atoms with E-state index >= 15 is 0 Å². The number of carbonyl (C=O) groups is 2. The molecule has 1 atom stereocenters. The van der Waals surface area contributed by atoms with Crippen molar-refractivity contribution in [1.82, 2.24) is 9.80 Å². The van der Waals surface area contributed by atoms with Crippen molar-refractivity contribution in [1.29, 1.82) is 0 Å². The van der Waals surface area contributed by atoms with Gasteiger partial charge < -0.3 is 9.64 Å². The van der Waals surface area contributed by atoms with Gasteiger partial charge in [0.2, 0.25) is 5.91 Å². The van der Waals surface area contributed by atoms with Gasteiger partial charge in [0.1, 0.15) is 11.4 Å². The van der Waals surface area contributed by atoms with E-state index in [0.29, 0.717) is 6.42 Å². The van der Waals surface area contributed by atoms with Gasteiger partial charge in [-0.15, -0.1) is 0 Å². The molecule has 0 unspecified atom stereocenters. The zero-order valence-electron chi connectivity index (χ0n) is 16.7. The minimum absolute atomic E-state index is 0.0870. The number of likely N-dealkylation sites (tertiary alicyclic amines) is 2. The Hall–Kier alpha value is -1.88. The normalized spacial score (nSPS) is 23.2. The van der Waals surface area contributed by atoms with E-state index in [0.717, 1.165) is 74.3 Å². The first-order chi connectivity index (χ1) is 12.9. The van der Waals surface area contributed by atoms with E-state index in [4.69, 9.17) is 4.74 Å². The Morgan fingerprint density at radius 2 is 1.78 bits per heavy atom. The molecular weight excluding hydrogens is 340 g/mol. The average Bonchev–Trinajstić information content (AvgIpc) is 3.19. The number of rotatable bonds is 2. The van der Waals surface area contributed by atoms with Gasteiger partial charge in [-0.05, 0) is 50.8 Å². The molecule has 1 amide bonds. The number of aryl methyl sites for hydroxylation is 1. The van der Waals surface area contributed by atoms with Crippen LogP contribution in [0, 0.1) is 13.8 Å². The van der Waals surface area contributed by atoms with Crippen LogP contribution >= 0.6 is 0 Å². The molecule has 1 aromatic rings. The Bertz CT molecular complexity index is 759. The van der Waals surface area contributed by atoms with Crippen LogP contribution in [-0.2, 0) is 4.79 Å². The number of ether oxygens (including phenoxy) is 1. The fourth-order valence-electron chi connectivity index (χ4n) is 4.74. The fourth-order valence-corrected chi connectivity index (χ4v) is 4.74. The second-order valence-corrected chi connectivity index (χ2v) is 8.51. The van der Waals surface area contributed by atoms with Gasteiger partial charge in [-0.25, -0.2) is 0 Å². The number of fused-ring (bicyclic) bond motifs is 1. The predicted octanol–water partition coefficient (Wildman–Crippen LogP) is 3.11. The van der Waals surface area contributed by atoms with Crippen molar-refractivity contribution in [2.45, 2.75) is 64.5 Å². The third kappa shape index (κ3) is 3.27. The number of ketones is 1. The number of Topliss-reactive ketones (excluding diaryl/α,β-unsaturated/α-hetero) is 1. The van der Waals surface area contributed by atoms with Crippen molar-refractivity contribution in [3.05, 3.63) is 28.8 Å². The molecule has 2 fully saturated rings. The molecule has 4 rings (SSSR count). The van der Waals surface area contributed by atoms with Gasteiger partial charge in [0.15, 0.2) is 5.78 Å². The molecule has 3 heterocycles. The van der Waals surface area contributed by atoms with E-state index in [1.807, 2.05) is 30.9 Å². The second kappa shape index (κ2) is 6.93. The Kier molecular flexibility index (Phi) is 4.75. The lowest BCUT2D eigenvalue weighted by atomic mass is 9.81. The SMILES string of the molecule is Cc1ccc2c(c1C)OC1(CCN([C@H](C)C(=O)N3CCCC3)CC1)CC2=O. The summed E-state index contributed by atoms with van der Waals surface area (Å²) in [6, 6.07) is 3.82. The zero-order valence-corrected chi connectivity index (χ0v) is 16.7. The molecule has 1 aromatic carbocycles. The van der Waals surface area contributed by atoms with Crippen LogP contribution in [0.25, 0.3) is 0 Å². The van der Waals surface area contributed by atoms with Crippen molar-refractivity contribution >= 4 is 11.7 Å². The van der Waals surface area contributed by atoms with Gasteiger partial charge in [-0.2, -0.15) is 0 Å². The smallest absolute Gasteiger partial charge is 0.239 e. The molecular formula is C22H30N2O3. The number of nitrogens with zero attached hydrogens (tertiary/aromatic N) is 2. The molecule has 146 valence electrons. The number of hydrogen-bond acceptors (Lipinski definition) is 4. The molecule has 3 aliphatic heterocycles. The van der Waals surface area contributed by atoms with E-state index in [9.17, 15) is 9.59 Å². The zero-order chi connectivity index (χ0) is 19.2. The van der Waals surface area contributed by atoms with Crippen LogP contribution in [-0.4, -0.2) is 59.3 Å². The summed E-state index contributed by atoms with van der Waals surface area (Å²) >= 11 is 0. The molecule has 27 heavy (non-hydrogen) atoms. The molecule has 1 spiro atoms. The summed E-state index contributed by atoms with van der Waals surface area (Å²) in [5.41, 5.74) is 2.54. The molecule has 0 saturated carbocycles. The highest BCUT2D eigenvalue weighted by atomic mass is 16.5. The van der Waals surface area contributed by atoms with E-state index in [1.54, 1.807) is 0 Å². The van der Waals surface area contributed by atoms with Gasteiger partial charge in [-0.3, -0.25) is 14.5 Å². The Morgan fingerprint density at radius 1 is 1.11 bits per heavy atom. The molecule has 0 aliphatic carbocycles. The van der Waals surface area contributed by atoms with Gasteiger partial charge in [0, 0.05) is 39.0 Å². The Balaban J connectivity index is 1.46. The summed E-state index contributed by atoms with van der Waals surface area (Å²) < 4.78 is 6.49. The highest BCUT2D eigenvalue weighted by Crippen LogP contribution is 2.42. The summed E-state index contributed by atoms with van der Waals surface area (Å²) in [6.07, 6.45) is 4.28. The summed E-state index contributed by atoms with van der Waals surface area (Å²) in [6.45, 7) is 9.50. The minimum atomic E-state index is -0.407. The Morgan fingerprint density at radius 3 is 2.44 bits per heavy atom. The number of benzene rings is 1. The van der Waals surface area contributed by atoms with Crippen molar-refractivity contribution in [3.8, 4) is 5.75 Å². The van der Waals surface area contributed by atoms with Crippen LogP contribution in [0.4, 0.5) is 0 Å². The molecule has 0 radical (unpaired) electrons. The topological polar surface area (TPSA) is 49.9 Å². The van der Waals surface area contributed by atoms with E-state index in [2.05, 4.69) is 11.8 Å². The van der Waals surface area contributed by atoms with Crippen LogP contribution in [0.5, 0.6) is 5.75 Å².